The van der Waals surface area contributed by atoms with Crippen molar-refractivity contribution in [3.63, 3.8) is 0 Å². The van der Waals surface area contributed by atoms with E-state index >= 15 is 0 Å². The molecule has 0 aliphatic rings. The number of benzene rings is 2. The maximum atomic E-state index is 7.21. The molecule has 0 aromatic heterocycles. The summed E-state index contributed by atoms with van der Waals surface area (Å²) in [7, 11) is 7.94. The Morgan fingerprint density at radius 2 is 0.778 bits per heavy atom. The van der Waals surface area contributed by atoms with Crippen molar-refractivity contribution in [3.8, 4) is 11.5 Å². The van der Waals surface area contributed by atoms with E-state index in [0.717, 1.165) is 11.4 Å². The Balaban J connectivity index is -0.000000322. The Kier molecular flexibility index (Phi) is 21.2. The Morgan fingerprint density at radius 3 is 0.926 bits per heavy atom. The maximum Gasteiger partial charge on any atom is 0.253 e. The smallest absolute Gasteiger partial charge is 0.253 e. The van der Waals surface area contributed by atoms with Gasteiger partial charge in [-0.1, -0.05) is 0 Å². The summed E-state index contributed by atoms with van der Waals surface area (Å²) in [5.41, 5.74) is 2.27. The molecule has 2 aromatic rings. The fourth-order valence-electron chi connectivity index (χ4n) is 1.52. The van der Waals surface area contributed by atoms with E-state index in [1.165, 1.54) is 0 Å². The van der Waals surface area contributed by atoms with Gasteiger partial charge in [-0.3, -0.25) is 0 Å². The summed E-state index contributed by atoms with van der Waals surface area (Å²) >= 11 is 0. The second kappa shape index (κ2) is 19.0. The van der Waals surface area contributed by atoms with E-state index in [1.807, 2.05) is 62.3 Å². The van der Waals surface area contributed by atoms with Crippen LogP contribution < -0.4 is 9.80 Å². The van der Waals surface area contributed by atoms with Crippen LogP contribution in [0.1, 0.15) is 13.8 Å². The Bertz CT molecular complexity index is 495. The topological polar surface area (TPSA) is 98.1 Å². The van der Waals surface area contributed by atoms with Gasteiger partial charge in [-0.15, -0.1) is 0 Å². The van der Waals surface area contributed by atoms with E-state index in [1.54, 1.807) is 38.1 Å². The van der Waals surface area contributed by atoms with Gasteiger partial charge >= 0.3 is 0 Å². The van der Waals surface area contributed by atoms with Crippen LogP contribution in [0.5, 0.6) is 11.5 Å². The van der Waals surface area contributed by atoms with E-state index in [4.69, 9.17) is 20.4 Å². The molecule has 0 radical (unpaired) electrons. The fraction of sp³-hybridized carbons (Fsp3) is 0.400. The molecule has 0 aliphatic heterocycles. The number of hydrogen-bond acceptors (Lipinski definition) is 2. The molecule has 7 heteroatoms. The van der Waals surface area contributed by atoms with Crippen LogP contribution in [0, 0.1) is 0 Å². The van der Waals surface area contributed by atoms with Crippen LogP contribution in [0.25, 0.3) is 0 Å². The second-order valence-corrected chi connectivity index (χ2v) is 5.59. The van der Waals surface area contributed by atoms with Crippen molar-refractivity contribution in [3.05, 3.63) is 48.5 Å². The molecule has 8 N–H and O–H groups in total. The van der Waals surface area contributed by atoms with Crippen molar-refractivity contribution < 1.29 is 42.1 Å². The van der Waals surface area contributed by atoms with Gasteiger partial charge in [0.2, 0.25) is 0 Å². The molecular weight excluding hydrogens is 380 g/mol. The molecule has 27 heavy (non-hydrogen) atoms. The van der Waals surface area contributed by atoms with E-state index in [2.05, 4.69) is 0 Å². The Hall–Kier alpha value is -1.73. The normalized spacial score (nSPS) is 8.30. The van der Waals surface area contributed by atoms with Gasteiger partial charge in [-0.25, -0.2) is 0 Å². The van der Waals surface area contributed by atoms with Crippen LogP contribution >= 0.6 is 0 Å². The van der Waals surface area contributed by atoms with Crippen molar-refractivity contribution in [1.82, 2.24) is 0 Å². The average molecular weight is 418 g/mol. The number of rotatable bonds is 2. The van der Waals surface area contributed by atoms with E-state index in [9.17, 15) is 0 Å². The Morgan fingerprint density at radius 1 is 0.593 bits per heavy atom. The fourth-order valence-corrected chi connectivity index (χ4v) is 1.52. The molecule has 0 atom stereocenters. The SMILES string of the molecule is CC[OH2+].CC[OH2+].CN(C)c1ccc([OH2+])cc1.CN(C)c1ccc([OH2+])cc1.[Ti]. The van der Waals surface area contributed by atoms with E-state index in [-0.39, 0.29) is 21.7 Å². The van der Waals surface area contributed by atoms with Gasteiger partial charge in [-0.2, -0.15) is 0 Å². The monoisotopic (exact) mass is 418 g/mol. The zero-order chi connectivity index (χ0) is 20.5. The van der Waals surface area contributed by atoms with Crippen molar-refractivity contribution in [2.75, 3.05) is 51.2 Å². The molecule has 0 aliphatic carbocycles. The first-order chi connectivity index (χ1) is 12.2. The molecule has 0 spiro atoms. The third-order valence-electron chi connectivity index (χ3n) is 2.77. The van der Waals surface area contributed by atoms with Crippen LogP contribution in [-0.4, -0.2) is 61.8 Å². The van der Waals surface area contributed by atoms with Crippen LogP contribution in [0.3, 0.4) is 0 Å². The molecule has 0 bridgehead atoms. The molecule has 2 rings (SSSR count). The van der Waals surface area contributed by atoms with Crippen molar-refractivity contribution in [2.24, 2.45) is 0 Å². The number of hydrogen-bond donors (Lipinski definition) is 0. The molecule has 0 fully saturated rings. The first-order valence-corrected chi connectivity index (χ1v) is 8.50. The van der Waals surface area contributed by atoms with Crippen molar-refractivity contribution in [2.45, 2.75) is 13.8 Å². The van der Waals surface area contributed by atoms with Crippen molar-refractivity contribution in [1.29, 1.82) is 0 Å². The van der Waals surface area contributed by atoms with Gasteiger partial charge in [0.05, 0.1) is 0 Å². The summed E-state index contributed by atoms with van der Waals surface area (Å²) in [6.07, 6.45) is 0. The summed E-state index contributed by atoms with van der Waals surface area (Å²) in [5.74, 6) is 1.12. The van der Waals surface area contributed by atoms with Gasteiger partial charge < -0.3 is 30.2 Å². The van der Waals surface area contributed by atoms with Gasteiger partial charge in [0.15, 0.2) is 0 Å². The summed E-state index contributed by atoms with van der Waals surface area (Å²) in [6.45, 7) is 4.58. The molecule has 2 aromatic carbocycles. The van der Waals surface area contributed by atoms with Crippen LogP contribution in [-0.2, 0) is 21.7 Å². The average Bonchev–Trinajstić information content (AvgIpc) is 2.58. The molecule has 6 nitrogen and oxygen atoms in total. The van der Waals surface area contributed by atoms with Gasteiger partial charge in [0.25, 0.3) is 11.5 Å². The zero-order valence-electron chi connectivity index (χ0n) is 17.4. The predicted octanol–water partition coefficient (Wildman–Crippen LogP) is 1.84. The molecule has 0 unspecified atom stereocenters. The summed E-state index contributed by atoms with van der Waals surface area (Å²) in [4.78, 5) is 4.03. The minimum Gasteiger partial charge on any atom is -0.593 e. The summed E-state index contributed by atoms with van der Waals surface area (Å²) in [5, 5.41) is 26.8. The van der Waals surface area contributed by atoms with Gasteiger partial charge in [0.1, 0.15) is 13.2 Å². The predicted molar refractivity (Wildman–Crippen MR) is 116 cm³/mol. The first-order valence-electron chi connectivity index (χ1n) is 8.50. The number of anilines is 2. The van der Waals surface area contributed by atoms with Gasteiger partial charge in [0, 0.05) is 99.4 Å². The summed E-state index contributed by atoms with van der Waals surface area (Å²) in [6, 6.07) is 14.9. The molecule has 152 valence electrons. The zero-order valence-corrected chi connectivity index (χ0v) is 19.0. The molecule has 0 amide bonds. The third-order valence-corrected chi connectivity index (χ3v) is 2.77. The molecular formula is C20H38N2O4Ti+4. The van der Waals surface area contributed by atoms with Crippen molar-refractivity contribution >= 4 is 11.4 Å². The van der Waals surface area contributed by atoms with E-state index < -0.39 is 0 Å². The quantitative estimate of drug-likeness (QED) is 0.549. The molecule has 0 saturated heterocycles. The van der Waals surface area contributed by atoms with Crippen LogP contribution in [0.15, 0.2) is 48.5 Å². The minimum atomic E-state index is 0. The maximum absolute atomic E-state index is 7.21. The Labute approximate surface area is 178 Å². The second-order valence-electron chi connectivity index (χ2n) is 5.59. The standard InChI is InChI=1S/2C8H11NO.2C2H6O.Ti/c2*1-9(2)7-3-5-8(10)6-4-7;2*1-2-3;/h2*3-6,10H,1-2H3;2*3H,2H2,1H3;/p+4. The number of nitrogens with zero attached hydrogens (tertiary/aromatic N) is 2. The molecule has 0 saturated carbocycles. The largest absolute Gasteiger partial charge is 0.593 e. The van der Waals surface area contributed by atoms with Crippen LogP contribution in [0.2, 0.25) is 0 Å². The van der Waals surface area contributed by atoms with E-state index in [0.29, 0.717) is 24.7 Å². The van der Waals surface area contributed by atoms with Crippen LogP contribution in [0.4, 0.5) is 11.4 Å². The minimum absolute atomic E-state index is 0. The summed E-state index contributed by atoms with van der Waals surface area (Å²) < 4.78 is 0. The molecule has 0 heterocycles. The third kappa shape index (κ3) is 17.4. The first kappa shape index (κ1) is 30.0. The van der Waals surface area contributed by atoms with Gasteiger partial charge in [-0.05, 0) is 24.3 Å².